The number of rotatable bonds is 8. The van der Waals surface area contributed by atoms with E-state index in [1.165, 1.54) is 0 Å². The van der Waals surface area contributed by atoms with Gasteiger partial charge in [-0.2, -0.15) is 0 Å². The zero-order chi connectivity index (χ0) is 21.4. The van der Waals surface area contributed by atoms with Gasteiger partial charge in [0.05, 0.1) is 25.5 Å². The summed E-state index contributed by atoms with van der Waals surface area (Å²) >= 11 is 0. The van der Waals surface area contributed by atoms with Crippen LogP contribution in [0, 0.1) is 11.8 Å². The van der Waals surface area contributed by atoms with Crippen LogP contribution in [0.5, 0.6) is 0 Å². The second kappa shape index (κ2) is 10.6. The van der Waals surface area contributed by atoms with E-state index in [-0.39, 0.29) is 29.4 Å². The molecule has 1 heterocycles. The fraction of sp³-hybridized carbons (Fsp3) is 0.375. The van der Waals surface area contributed by atoms with Crippen LogP contribution >= 0.6 is 0 Å². The maximum absolute atomic E-state index is 10.0. The summed E-state index contributed by atoms with van der Waals surface area (Å²) in [5.74, 6) is 1.77. The zero-order valence-electron chi connectivity index (χ0n) is 17.5. The fourth-order valence-corrected chi connectivity index (χ4v) is 3.66. The van der Waals surface area contributed by atoms with E-state index in [4.69, 9.17) is 9.47 Å². The van der Waals surface area contributed by atoms with E-state index in [0.29, 0.717) is 25.2 Å². The van der Waals surface area contributed by atoms with Gasteiger partial charge in [-0.1, -0.05) is 18.7 Å². The molecule has 0 bridgehead atoms. The summed E-state index contributed by atoms with van der Waals surface area (Å²) in [4.78, 5) is 4.32. The van der Waals surface area contributed by atoms with Crippen molar-refractivity contribution in [2.75, 3.05) is 13.7 Å². The lowest BCUT2D eigenvalue weighted by Crippen LogP contribution is -2.37. The molecule has 5 heteroatoms. The first-order valence-corrected chi connectivity index (χ1v) is 9.74. The first-order chi connectivity index (χ1) is 13.9. The van der Waals surface area contributed by atoms with Gasteiger partial charge in [0.1, 0.15) is 17.3 Å². The van der Waals surface area contributed by atoms with Gasteiger partial charge in [-0.05, 0) is 68.9 Å². The van der Waals surface area contributed by atoms with Gasteiger partial charge in [0.25, 0.3) is 0 Å². The van der Waals surface area contributed by atoms with E-state index >= 15 is 0 Å². The highest BCUT2D eigenvalue weighted by atomic mass is 16.5. The van der Waals surface area contributed by atoms with Crippen molar-refractivity contribution in [3.05, 3.63) is 83.3 Å². The summed E-state index contributed by atoms with van der Waals surface area (Å²) in [6.07, 6.45) is 14.1. The quantitative estimate of drug-likeness (QED) is 0.323. The molecule has 5 nitrogen and oxygen atoms in total. The van der Waals surface area contributed by atoms with Crippen LogP contribution in [0.15, 0.2) is 88.3 Å². The van der Waals surface area contributed by atoms with E-state index in [1.54, 1.807) is 32.3 Å². The van der Waals surface area contributed by atoms with Gasteiger partial charge in [0.15, 0.2) is 0 Å². The Bertz CT molecular complexity index is 807. The van der Waals surface area contributed by atoms with Crippen LogP contribution in [0.4, 0.5) is 0 Å². The standard InChI is InChI=1S/C24H31NO4/c1-6-19(28-5)12-10-16(2)24-20-9-7-8-18(27)14-23(20)29-15-21(24)22(25-4)13-11-17(3)26/h6,8-12,14,21-22,24,26-27H,2,4,7,13,15H2,1,3,5H3/b12-10-,17-11+,19-6+/t21-,22?,24-/m0/s1. The predicted molar refractivity (Wildman–Crippen MR) is 118 cm³/mol. The number of aliphatic hydroxyl groups excluding tert-OH is 2. The lowest BCUT2D eigenvalue weighted by molar-refractivity contribution is 0.104. The van der Waals surface area contributed by atoms with E-state index in [9.17, 15) is 10.2 Å². The van der Waals surface area contributed by atoms with Crippen molar-refractivity contribution < 1.29 is 19.7 Å². The molecule has 0 aromatic carbocycles. The fourth-order valence-electron chi connectivity index (χ4n) is 3.66. The normalized spacial score (nSPS) is 23.8. The summed E-state index contributed by atoms with van der Waals surface area (Å²) in [6, 6.07) is -0.150. The molecule has 0 radical (unpaired) electrons. The van der Waals surface area contributed by atoms with Crippen molar-refractivity contribution in [1.29, 1.82) is 0 Å². The lowest BCUT2D eigenvalue weighted by atomic mass is 9.74. The molecule has 156 valence electrons. The number of aliphatic imine (C=N–C) groups is 1. The third kappa shape index (κ3) is 5.76. The number of nitrogens with zero attached hydrogens (tertiary/aromatic N) is 1. The smallest absolute Gasteiger partial charge is 0.126 e. The Morgan fingerprint density at radius 3 is 2.79 bits per heavy atom. The van der Waals surface area contributed by atoms with Gasteiger partial charge < -0.3 is 19.7 Å². The Kier molecular flexibility index (Phi) is 8.13. The van der Waals surface area contributed by atoms with Gasteiger partial charge in [0.2, 0.25) is 0 Å². The Morgan fingerprint density at radius 1 is 1.41 bits per heavy atom. The Balaban J connectivity index is 2.43. The van der Waals surface area contributed by atoms with Gasteiger partial charge >= 0.3 is 0 Å². The summed E-state index contributed by atoms with van der Waals surface area (Å²) in [7, 11) is 1.63. The van der Waals surface area contributed by atoms with Crippen molar-refractivity contribution in [1.82, 2.24) is 0 Å². The number of aliphatic hydroxyl groups is 2. The molecule has 0 aromatic heterocycles. The topological polar surface area (TPSA) is 71.3 Å². The van der Waals surface area contributed by atoms with Crippen LogP contribution in [-0.4, -0.2) is 36.7 Å². The zero-order valence-corrected chi connectivity index (χ0v) is 17.5. The van der Waals surface area contributed by atoms with Crippen LogP contribution in [0.3, 0.4) is 0 Å². The summed E-state index contributed by atoms with van der Waals surface area (Å²) < 4.78 is 11.3. The molecule has 2 N–H and O–H groups in total. The van der Waals surface area contributed by atoms with Crippen LogP contribution in [0.25, 0.3) is 0 Å². The van der Waals surface area contributed by atoms with Crippen LogP contribution in [0.1, 0.15) is 26.7 Å². The van der Waals surface area contributed by atoms with Crippen molar-refractivity contribution in [2.45, 2.75) is 32.7 Å². The molecule has 1 fully saturated rings. The number of methoxy groups -OCH3 is 1. The molecule has 1 unspecified atom stereocenters. The average Bonchev–Trinajstić information content (AvgIpc) is 2.89. The SMILES string of the molecule is C=NC(C/C=C(\C)O)[C@@H]1COC2=CC(O)=CCC=C2[C@@H]1C(=C)/C=C\C(=C/C)OC. The lowest BCUT2D eigenvalue weighted by Gasteiger charge is -2.38. The van der Waals surface area contributed by atoms with Crippen molar-refractivity contribution in [3.8, 4) is 0 Å². The molecule has 29 heavy (non-hydrogen) atoms. The van der Waals surface area contributed by atoms with Gasteiger partial charge in [-0.3, -0.25) is 4.99 Å². The van der Waals surface area contributed by atoms with Crippen LogP contribution in [0.2, 0.25) is 0 Å². The highest BCUT2D eigenvalue weighted by Gasteiger charge is 2.38. The van der Waals surface area contributed by atoms with E-state index < -0.39 is 0 Å². The highest BCUT2D eigenvalue weighted by molar-refractivity contribution is 5.45. The maximum Gasteiger partial charge on any atom is 0.126 e. The third-order valence-corrected chi connectivity index (χ3v) is 5.19. The second-order valence-corrected chi connectivity index (χ2v) is 7.12. The van der Waals surface area contributed by atoms with E-state index in [0.717, 1.165) is 16.9 Å². The summed E-state index contributed by atoms with van der Waals surface area (Å²) in [6.45, 7) is 12.1. The molecular formula is C24H31NO4. The minimum Gasteiger partial charge on any atom is -0.513 e. The number of hydrogen-bond acceptors (Lipinski definition) is 5. The third-order valence-electron chi connectivity index (χ3n) is 5.19. The van der Waals surface area contributed by atoms with E-state index in [2.05, 4.69) is 24.4 Å². The van der Waals surface area contributed by atoms with Gasteiger partial charge in [-0.25, -0.2) is 0 Å². The molecule has 1 aliphatic carbocycles. The molecule has 0 amide bonds. The second-order valence-electron chi connectivity index (χ2n) is 7.12. The molecule has 0 aromatic rings. The number of ether oxygens (including phenoxy) is 2. The van der Waals surface area contributed by atoms with Crippen LogP contribution in [-0.2, 0) is 9.47 Å². The largest absolute Gasteiger partial charge is 0.513 e. The predicted octanol–water partition coefficient (Wildman–Crippen LogP) is 5.49. The molecular weight excluding hydrogens is 366 g/mol. The number of hydrogen-bond donors (Lipinski definition) is 2. The minimum atomic E-state index is -0.150. The Morgan fingerprint density at radius 2 is 2.17 bits per heavy atom. The van der Waals surface area contributed by atoms with E-state index in [1.807, 2.05) is 25.2 Å². The first kappa shape index (κ1) is 22.3. The van der Waals surface area contributed by atoms with Gasteiger partial charge in [-0.15, -0.1) is 0 Å². The van der Waals surface area contributed by atoms with Crippen LogP contribution < -0.4 is 0 Å². The first-order valence-electron chi connectivity index (χ1n) is 9.74. The molecule has 0 saturated carbocycles. The highest BCUT2D eigenvalue weighted by Crippen LogP contribution is 2.42. The molecule has 2 aliphatic rings. The summed E-state index contributed by atoms with van der Waals surface area (Å²) in [5, 5.41) is 19.6. The minimum absolute atomic E-state index is 0.0134. The summed E-state index contributed by atoms with van der Waals surface area (Å²) in [5.41, 5.74) is 1.88. The molecule has 1 aliphatic heterocycles. The Hall–Kier alpha value is -2.95. The molecule has 3 atom stereocenters. The Labute approximate surface area is 173 Å². The number of fused-ring (bicyclic) bond motifs is 1. The monoisotopic (exact) mass is 397 g/mol. The van der Waals surface area contributed by atoms with Crippen molar-refractivity contribution >= 4 is 6.72 Å². The molecule has 0 spiro atoms. The molecule has 1 saturated heterocycles. The molecule has 2 rings (SSSR count). The van der Waals surface area contributed by atoms with Crippen molar-refractivity contribution in [3.63, 3.8) is 0 Å². The van der Waals surface area contributed by atoms with Crippen molar-refractivity contribution in [2.24, 2.45) is 16.8 Å². The number of allylic oxidation sites excluding steroid dienone is 9. The maximum atomic E-state index is 10.0. The van der Waals surface area contributed by atoms with Gasteiger partial charge in [0, 0.05) is 17.9 Å². The average molecular weight is 398 g/mol.